The number of thioether (sulfide) groups is 1. The van der Waals surface area contributed by atoms with E-state index < -0.39 is 0 Å². The summed E-state index contributed by atoms with van der Waals surface area (Å²) >= 11 is 1.35. The van der Waals surface area contributed by atoms with Gasteiger partial charge in [-0.3, -0.25) is 9.69 Å². The third-order valence-electron chi connectivity index (χ3n) is 4.30. The molecule has 1 aliphatic heterocycles. The van der Waals surface area contributed by atoms with E-state index in [0.29, 0.717) is 34.7 Å². The van der Waals surface area contributed by atoms with Gasteiger partial charge in [-0.1, -0.05) is 0 Å². The summed E-state index contributed by atoms with van der Waals surface area (Å²) in [6.45, 7) is 5.03. The van der Waals surface area contributed by atoms with Crippen molar-refractivity contribution in [1.82, 2.24) is 4.90 Å². The van der Waals surface area contributed by atoms with E-state index >= 15 is 0 Å². The van der Waals surface area contributed by atoms with Crippen molar-refractivity contribution in [3.05, 3.63) is 52.9 Å². The smallest absolute Gasteiger partial charge is 0.266 e. The summed E-state index contributed by atoms with van der Waals surface area (Å²) in [7, 11) is 3.20. The fraction of sp³-hybridized carbons (Fsp3) is 0.273. The van der Waals surface area contributed by atoms with Crippen molar-refractivity contribution in [2.75, 3.05) is 27.4 Å². The molecule has 0 bridgehead atoms. The number of rotatable bonds is 7. The molecule has 0 saturated carbocycles. The highest BCUT2D eigenvalue weighted by atomic mass is 32.2. The number of amides is 1. The average molecular weight is 413 g/mol. The first-order valence-corrected chi connectivity index (χ1v) is 10.2. The minimum absolute atomic E-state index is 0.0694. The first-order chi connectivity index (χ1) is 14.1. The predicted molar refractivity (Wildman–Crippen MR) is 117 cm³/mol. The Bertz CT molecular complexity index is 938. The molecule has 0 unspecified atom stereocenters. The number of methoxy groups -OCH3 is 2. The molecule has 1 heterocycles. The lowest BCUT2D eigenvalue weighted by molar-refractivity contribution is -0.122. The lowest BCUT2D eigenvalue weighted by Crippen LogP contribution is -2.28. The number of hydrogen-bond donors (Lipinski definition) is 0. The van der Waals surface area contributed by atoms with Crippen LogP contribution in [-0.2, 0) is 4.79 Å². The van der Waals surface area contributed by atoms with Crippen LogP contribution >= 0.6 is 11.8 Å². The first-order valence-electron chi connectivity index (χ1n) is 9.34. The molecule has 29 heavy (non-hydrogen) atoms. The first kappa shape index (κ1) is 20.8. The molecule has 7 heteroatoms. The lowest BCUT2D eigenvalue weighted by Gasteiger charge is -2.12. The fourth-order valence-electron chi connectivity index (χ4n) is 2.84. The van der Waals surface area contributed by atoms with Crippen LogP contribution in [0.5, 0.6) is 17.2 Å². The molecule has 2 aromatic rings. The summed E-state index contributed by atoms with van der Waals surface area (Å²) in [6, 6.07) is 13.0. The monoisotopic (exact) mass is 412 g/mol. The van der Waals surface area contributed by atoms with Crippen LogP contribution in [-0.4, -0.2) is 43.3 Å². The lowest BCUT2D eigenvalue weighted by atomic mass is 10.1. The molecule has 6 nitrogen and oxygen atoms in total. The van der Waals surface area contributed by atoms with Crippen LogP contribution in [0, 0.1) is 0 Å². The van der Waals surface area contributed by atoms with Crippen molar-refractivity contribution in [3.63, 3.8) is 0 Å². The largest absolute Gasteiger partial charge is 0.497 e. The van der Waals surface area contributed by atoms with Crippen LogP contribution in [0.25, 0.3) is 6.08 Å². The summed E-state index contributed by atoms with van der Waals surface area (Å²) in [6.07, 6.45) is 1.83. The van der Waals surface area contributed by atoms with E-state index in [1.165, 1.54) is 11.8 Å². The Hall–Kier alpha value is -2.93. The molecule has 1 fully saturated rings. The van der Waals surface area contributed by atoms with Gasteiger partial charge in [0.15, 0.2) is 5.17 Å². The molecule has 0 atom stereocenters. The second kappa shape index (κ2) is 9.52. The average Bonchev–Trinajstić information content (AvgIpc) is 3.03. The number of carbonyl (C=O) groups is 1. The molecule has 0 radical (unpaired) electrons. The minimum atomic E-state index is -0.0694. The number of amidine groups is 1. The maximum atomic E-state index is 12.9. The normalized spacial score (nSPS) is 16.6. The number of nitrogens with zero attached hydrogens (tertiary/aromatic N) is 2. The Balaban J connectivity index is 1.89. The third kappa shape index (κ3) is 4.74. The summed E-state index contributed by atoms with van der Waals surface area (Å²) < 4.78 is 16.1. The van der Waals surface area contributed by atoms with Crippen molar-refractivity contribution >= 4 is 34.6 Å². The number of hydrogen-bond acceptors (Lipinski definition) is 6. The minimum Gasteiger partial charge on any atom is -0.497 e. The molecular formula is C22H24N2O4S. The number of aliphatic imine (C=N–C) groups is 1. The van der Waals surface area contributed by atoms with E-state index in [4.69, 9.17) is 14.2 Å². The van der Waals surface area contributed by atoms with Gasteiger partial charge < -0.3 is 14.2 Å². The highest BCUT2D eigenvalue weighted by Crippen LogP contribution is 2.36. The molecule has 2 aromatic carbocycles. The molecule has 3 rings (SSSR count). The molecule has 0 N–H and O–H groups in total. The van der Waals surface area contributed by atoms with Crippen LogP contribution in [0.15, 0.2) is 52.4 Å². The molecular weight excluding hydrogens is 388 g/mol. The van der Waals surface area contributed by atoms with Gasteiger partial charge in [-0.25, -0.2) is 4.99 Å². The van der Waals surface area contributed by atoms with Gasteiger partial charge in [0, 0.05) is 18.2 Å². The summed E-state index contributed by atoms with van der Waals surface area (Å²) in [5.41, 5.74) is 1.58. The van der Waals surface area contributed by atoms with Gasteiger partial charge in [0.05, 0.1) is 31.4 Å². The van der Waals surface area contributed by atoms with Crippen LogP contribution in [0.1, 0.15) is 19.4 Å². The Morgan fingerprint density at radius 3 is 2.38 bits per heavy atom. The Morgan fingerprint density at radius 1 is 1.03 bits per heavy atom. The quantitative estimate of drug-likeness (QED) is 0.616. The highest BCUT2D eigenvalue weighted by Gasteiger charge is 2.32. The zero-order valence-corrected chi connectivity index (χ0v) is 17.8. The SMILES string of the molecule is CCOc1ccc(N=C2S/C(=C\c3ccc(OC)cc3OC)C(=O)N2CC)cc1. The van der Waals surface area contributed by atoms with Crippen LogP contribution in [0.3, 0.4) is 0 Å². The van der Waals surface area contributed by atoms with E-state index in [9.17, 15) is 4.79 Å². The van der Waals surface area contributed by atoms with Gasteiger partial charge in [-0.15, -0.1) is 0 Å². The Morgan fingerprint density at radius 2 is 1.76 bits per heavy atom. The van der Waals surface area contributed by atoms with Gasteiger partial charge in [-0.2, -0.15) is 0 Å². The third-order valence-corrected chi connectivity index (χ3v) is 5.31. The second-order valence-electron chi connectivity index (χ2n) is 6.09. The highest BCUT2D eigenvalue weighted by molar-refractivity contribution is 8.18. The predicted octanol–water partition coefficient (Wildman–Crippen LogP) is 4.73. The van der Waals surface area contributed by atoms with E-state index in [-0.39, 0.29) is 5.91 Å². The molecule has 152 valence electrons. The van der Waals surface area contributed by atoms with E-state index in [0.717, 1.165) is 17.0 Å². The summed E-state index contributed by atoms with van der Waals surface area (Å²) in [4.78, 5) is 19.8. The summed E-state index contributed by atoms with van der Waals surface area (Å²) in [5, 5.41) is 0.653. The fourth-order valence-corrected chi connectivity index (χ4v) is 3.90. The van der Waals surface area contributed by atoms with Crippen LogP contribution in [0.4, 0.5) is 5.69 Å². The van der Waals surface area contributed by atoms with Crippen molar-refractivity contribution in [2.45, 2.75) is 13.8 Å². The number of ether oxygens (including phenoxy) is 3. The van der Waals surface area contributed by atoms with Gasteiger partial charge >= 0.3 is 0 Å². The van der Waals surface area contributed by atoms with Crippen molar-refractivity contribution in [1.29, 1.82) is 0 Å². The van der Waals surface area contributed by atoms with Gasteiger partial charge in [0.1, 0.15) is 17.2 Å². The zero-order chi connectivity index (χ0) is 20.8. The second-order valence-corrected chi connectivity index (χ2v) is 7.10. The Kier molecular flexibility index (Phi) is 6.82. The molecule has 1 amide bonds. The molecule has 1 saturated heterocycles. The van der Waals surface area contributed by atoms with Crippen molar-refractivity contribution < 1.29 is 19.0 Å². The van der Waals surface area contributed by atoms with E-state index in [1.54, 1.807) is 25.2 Å². The van der Waals surface area contributed by atoms with Crippen LogP contribution in [0.2, 0.25) is 0 Å². The molecule has 0 aromatic heterocycles. The summed E-state index contributed by atoms with van der Waals surface area (Å²) in [5.74, 6) is 2.07. The maximum absolute atomic E-state index is 12.9. The van der Waals surface area contributed by atoms with Gasteiger partial charge in [0.2, 0.25) is 0 Å². The molecule has 1 aliphatic rings. The molecule has 0 aliphatic carbocycles. The number of benzene rings is 2. The van der Waals surface area contributed by atoms with Gasteiger partial charge in [0.25, 0.3) is 5.91 Å². The molecule has 0 spiro atoms. The standard InChI is InChI=1S/C22H24N2O4S/c1-5-24-21(25)20(13-15-7-10-18(26-3)14-19(15)27-4)29-22(24)23-16-8-11-17(12-9-16)28-6-2/h7-14H,5-6H2,1-4H3/b20-13-,23-22?. The Labute approximate surface area is 175 Å². The van der Waals surface area contributed by atoms with Crippen LogP contribution < -0.4 is 14.2 Å². The van der Waals surface area contributed by atoms with Crippen molar-refractivity contribution in [2.24, 2.45) is 4.99 Å². The maximum Gasteiger partial charge on any atom is 0.266 e. The number of carbonyl (C=O) groups excluding carboxylic acids is 1. The topological polar surface area (TPSA) is 60.4 Å². The number of likely N-dealkylation sites (N-methyl/N-ethyl adjacent to an activating group) is 1. The zero-order valence-electron chi connectivity index (χ0n) is 17.0. The van der Waals surface area contributed by atoms with Gasteiger partial charge in [-0.05, 0) is 68.1 Å². The van der Waals surface area contributed by atoms with Crippen molar-refractivity contribution in [3.8, 4) is 17.2 Å². The van der Waals surface area contributed by atoms with E-state index in [1.807, 2.05) is 56.3 Å². The van der Waals surface area contributed by atoms with E-state index in [2.05, 4.69) is 4.99 Å².